The number of Topliss-reactive ketones (excluding diaryl/α,β-unsaturated/α-hetero) is 1. The van der Waals surface area contributed by atoms with Gasteiger partial charge in [-0.15, -0.1) is 0 Å². The van der Waals surface area contributed by atoms with E-state index in [-0.39, 0.29) is 24.1 Å². The minimum absolute atomic E-state index is 0.0557. The Balaban J connectivity index is 1.61. The SMILES string of the molecule is CN(c1ncccc1CNc1nc(Nc2ccc3c(c2)CCC3=O)ncc1C(F)(F)F)S(C)(=O)=O. The molecular weight excluding hydrogens is 485 g/mol. The molecule has 0 saturated carbocycles. The summed E-state index contributed by atoms with van der Waals surface area (Å²) in [6.07, 6.45) is -0.651. The van der Waals surface area contributed by atoms with Gasteiger partial charge in [0.25, 0.3) is 0 Å². The molecule has 35 heavy (non-hydrogen) atoms. The van der Waals surface area contributed by atoms with Crippen LogP contribution in [0.5, 0.6) is 0 Å². The molecule has 0 atom stereocenters. The molecule has 0 aliphatic heterocycles. The van der Waals surface area contributed by atoms with Gasteiger partial charge in [-0.3, -0.25) is 9.10 Å². The first-order chi connectivity index (χ1) is 16.4. The number of hydrogen-bond acceptors (Lipinski definition) is 8. The summed E-state index contributed by atoms with van der Waals surface area (Å²) in [7, 11) is -2.33. The highest BCUT2D eigenvalue weighted by Gasteiger charge is 2.35. The molecule has 2 N–H and O–H groups in total. The lowest BCUT2D eigenvalue weighted by Gasteiger charge is -2.20. The molecule has 1 aromatic carbocycles. The molecule has 2 aromatic heterocycles. The lowest BCUT2D eigenvalue weighted by molar-refractivity contribution is -0.137. The smallest absolute Gasteiger partial charge is 0.365 e. The predicted octanol–water partition coefficient (Wildman–Crippen LogP) is 3.77. The average Bonchev–Trinajstić information content (AvgIpc) is 3.16. The van der Waals surface area contributed by atoms with Gasteiger partial charge in [0.15, 0.2) is 5.78 Å². The largest absolute Gasteiger partial charge is 0.421 e. The first kappa shape index (κ1) is 24.4. The van der Waals surface area contributed by atoms with Crippen molar-refractivity contribution in [3.63, 3.8) is 0 Å². The molecule has 13 heteroatoms. The van der Waals surface area contributed by atoms with E-state index in [2.05, 4.69) is 25.6 Å². The Kier molecular flexibility index (Phi) is 6.36. The Morgan fingerprint density at radius 1 is 1.14 bits per heavy atom. The van der Waals surface area contributed by atoms with E-state index in [1.165, 1.54) is 13.2 Å². The number of nitrogens with one attached hydrogen (secondary N) is 2. The molecule has 2 heterocycles. The summed E-state index contributed by atoms with van der Waals surface area (Å²) in [6, 6.07) is 8.15. The van der Waals surface area contributed by atoms with Crippen LogP contribution in [0.1, 0.15) is 33.5 Å². The van der Waals surface area contributed by atoms with Gasteiger partial charge in [-0.1, -0.05) is 6.07 Å². The lowest BCUT2D eigenvalue weighted by Crippen LogP contribution is -2.27. The number of anilines is 4. The minimum atomic E-state index is -4.73. The van der Waals surface area contributed by atoms with Crippen molar-refractivity contribution in [2.24, 2.45) is 0 Å². The van der Waals surface area contributed by atoms with Crippen LogP contribution < -0.4 is 14.9 Å². The summed E-state index contributed by atoms with van der Waals surface area (Å²) in [4.78, 5) is 23.7. The second-order valence-electron chi connectivity index (χ2n) is 7.94. The van der Waals surface area contributed by atoms with Gasteiger partial charge in [-0.05, 0) is 36.2 Å². The Morgan fingerprint density at radius 3 is 2.63 bits per heavy atom. The van der Waals surface area contributed by atoms with Gasteiger partial charge in [0.2, 0.25) is 16.0 Å². The van der Waals surface area contributed by atoms with Crippen molar-refractivity contribution < 1.29 is 26.4 Å². The number of fused-ring (bicyclic) bond motifs is 1. The monoisotopic (exact) mass is 506 g/mol. The Labute approximate surface area is 199 Å². The Bertz CT molecular complexity index is 1400. The number of sulfonamides is 1. The van der Waals surface area contributed by atoms with Gasteiger partial charge < -0.3 is 10.6 Å². The number of carbonyl (C=O) groups excluding carboxylic acids is 1. The zero-order valence-electron chi connectivity index (χ0n) is 18.7. The zero-order valence-corrected chi connectivity index (χ0v) is 19.5. The first-order valence-corrected chi connectivity index (χ1v) is 12.3. The fraction of sp³-hybridized carbons (Fsp3) is 0.273. The van der Waals surface area contributed by atoms with Crippen LogP contribution in [0.15, 0.2) is 42.7 Å². The number of nitrogens with zero attached hydrogens (tertiary/aromatic N) is 4. The van der Waals surface area contributed by atoms with Crippen LogP contribution in [0.3, 0.4) is 0 Å². The summed E-state index contributed by atoms with van der Waals surface area (Å²) in [5, 5.41) is 5.51. The number of benzene rings is 1. The number of rotatable bonds is 7. The second-order valence-corrected chi connectivity index (χ2v) is 9.96. The second kappa shape index (κ2) is 9.13. The molecule has 0 saturated heterocycles. The number of halogens is 3. The van der Waals surface area contributed by atoms with E-state index in [0.29, 0.717) is 35.9 Å². The molecule has 184 valence electrons. The van der Waals surface area contributed by atoms with E-state index in [0.717, 1.165) is 16.1 Å². The third kappa shape index (κ3) is 5.34. The highest BCUT2D eigenvalue weighted by atomic mass is 32.2. The quantitative estimate of drug-likeness (QED) is 0.497. The van der Waals surface area contributed by atoms with Crippen molar-refractivity contribution in [1.82, 2.24) is 15.0 Å². The van der Waals surface area contributed by atoms with Crippen LogP contribution in [0, 0.1) is 0 Å². The Morgan fingerprint density at radius 2 is 1.91 bits per heavy atom. The molecule has 1 aliphatic carbocycles. The van der Waals surface area contributed by atoms with Crippen molar-refractivity contribution in [3.8, 4) is 0 Å². The number of ketones is 1. The summed E-state index contributed by atoms with van der Waals surface area (Å²) in [6.45, 7) is -0.177. The van der Waals surface area contributed by atoms with Crippen LogP contribution in [0.25, 0.3) is 0 Å². The number of alkyl halides is 3. The Hall–Kier alpha value is -3.74. The average molecular weight is 507 g/mol. The summed E-state index contributed by atoms with van der Waals surface area (Å²) in [5.74, 6) is -0.427. The molecule has 0 radical (unpaired) electrons. The van der Waals surface area contributed by atoms with Gasteiger partial charge in [0.05, 0.1) is 6.26 Å². The highest BCUT2D eigenvalue weighted by Crippen LogP contribution is 2.35. The molecular formula is C22H21F3N6O3S. The van der Waals surface area contributed by atoms with E-state index in [1.54, 1.807) is 30.3 Å². The molecule has 1 aliphatic rings. The summed E-state index contributed by atoms with van der Waals surface area (Å²) < 4.78 is 65.6. The van der Waals surface area contributed by atoms with Gasteiger partial charge in [-0.25, -0.2) is 18.4 Å². The van der Waals surface area contributed by atoms with Crippen LogP contribution in [0.4, 0.5) is 36.4 Å². The summed E-state index contributed by atoms with van der Waals surface area (Å²) >= 11 is 0. The molecule has 0 amide bonds. The van der Waals surface area contributed by atoms with Crippen molar-refractivity contribution in [2.45, 2.75) is 25.6 Å². The van der Waals surface area contributed by atoms with Crippen LogP contribution in [0.2, 0.25) is 0 Å². The third-order valence-electron chi connectivity index (χ3n) is 5.49. The molecule has 0 unspecified atom stereocenters. The van der Waals surface area contributed by atoms with E-state index in [4.69, 9.17) is 0 Å². The van der Waals surface area contributed by atoms with Crippen molar-refractivity contribution >= 4 is 39.1 Å². The standard InChI is InChI=1S/C22H21F3N6O3S/c1-31(35(2,33)34)20-14(4-3-9-26-20)11-27-19-17(22(23,24)25)12-28-21(30-19)29-15-6-7-16-13(10-15)5-8-18(16)32/h3-4,6-7,9-10,12H,5,8,11H2,1-2H3,(H2,27,28,29,30). The number of pyridine rings is 1. The molecule has 9 nitrogen and oxygen atoms in total. The molecule has 0 bridgehead atoms. The van der Waals surface area contributed by atoms with Gasteiger partial charge in [0.1, 0.15) is 17.2 Å². The van der Waals surface area contributed by atoms with Crippen molar-refractivity contribution in [3.05, 3.63) is 65.0 Å². The topological polar surface area (TPSA) is 117 Å². The fourth-order valence-electron chi connectivity index (χ4n) is 3.63. The number of hydrogen-bond donors (Lipinski definition) is 2. The van der Waals surface area contributed by atoms with E-state index < -0.39 is 27.6 Å². The normalized spacial score (nSPS) is 13.5. The van der Waals surface area contributed by atoms with E-state index >= 15 is 0 Å². The minimum Gasteiger partial charge on any atom is -0.365 e. The fourth-order valence-corrected chi connectivity index (χ4v) is 4.11. The lowest BCUT2D eigenvalue weighted by atomic mass is 10.1. The molecule has 0 spiro atoms. The van der Waals surface area contributed by atoms with E-state index in [9.17, 15) is 26.4 Å². The highest BCUT2D eigenvalue weighted by molar-refractivity contribution is 7.92. The van der Waals surface area contributed by atoms with Gasteiger partial charge in [0, 0.05) is 49.2 Å². The number of aromatic nitrogens is 3. The van der Waals surface area contributed by atoms with Crippen LogP contribution in [-0.4, -0.2) is 42.5 Å². The maximum atomic E-state index is 13.6. The van der Waals surface area contributed by atoms with Crippen LogP contribution >= 0.6 is 0 Å². The molecule has 3 aromatic rings. The van der Waals surface area contributed by atoms with Gasteiger partial charge >= 0.3 is 6.18 Å². The predicted molar refractivity (Wildman–Crippen MR) is 124 cm³/mol. The van der Waals surface area contributed by atoms with E-state index in [1.807, 2.05) is 0 Å². The van der Waals surface area contributed by atoms with Crippen molar-refractivity contribution in [1.29, 1.82) is 0 Å². The maximum Gasteiger partial charge on any atom is 0.421 e. The summed E-state index contributed by atoms with van der Waals surface area (Å²) in [5.41, 5.74) is 1.30. The van der Waals surface area contributed by atoms with Gasteiger partial charge in [-0.2, -0.15) is 18.2 Å². The van der Waals surface area contributed by atoms with Crippen molar-refractivity contribution in [2.75, 3.05) is 28.2 Å². The number of aryl methyl sites for hydroxylation is 1. The maximum absolute atomic E-state index is 13.6. The first-order valence-electron chi connectivity index (χ1n) is 10.4. The number of carbonyl (C=O) groups is 1. The third-order valence-corrected chi connectivity index (χ3v) is 6.65. The molecule has 4 rings (SSSR count). The zero-order chi connectivity index (χ0) is 25.4. The van der Waals surface area contributed by atoms with Crippen LogP contribution in [-0.2, 0) is 29.2 Å². The molecule has 0 fully saturated rings.